The first-order chi connectivity index (χ1) is 9.87. The summed E-state index contributed by atoms with van der Waals surface area (Å²) in [5.74, 6) is -4.37. The van der Waals surface area contributed by atoms with Crippen LogP contribution in [-0.4, -0.2) is 34.2 Å². The Kier molecular flexibility index (Phi) is 5.46. The monoisotopic (exact) mass is 294 g/mol. The Balaban J connectivity index is 3.10. The maximum Gasteiger partial charge on any atom is 0.330 e. The fourth-order valence-electron chi connectivity index (χ4n) is 2.33. The van der Waals surface area contributed by atoms with E-state index in [9.17, 15) is 24.6 Å². The highest BCUT2D eigenvalue weighted by molar-refractivity contribution is 5.87. The lowest BCUT2D eigenvalue weighted by molar-refractivity contribution is -0.161. The fourth-order valence-corrected chi connectivity index (χ4v) is 2.33. The second kappa shape index (κ2) is 6.88. The summed E-state index contributed by atoms with van der Waals surface area (Å²) in [5.41, 5.74) is -1.64. The zero-order valence-electron chi connectivity index (χ0n) is 11.7. The maximum absolute atomic E-state index is 11.7. The van der Waals surface area contributed by atoms with Crippen LogP contribution in [0.1, 0.15) is 19.8 Å². The van der Waals surface area contributed by atoms with Gasteiger partial charge in [-0.2, -0.15) is 0 Å². The molecule has 1 aliphatic rings. The highest BCUT2D eigenvalue weighted by Crippen LogP contribution is 2.40. The molecule has 2 N–H and O–H groups in total. The fraction of sp³-hybridized carbons (Fsp3) is 0.400. The second-order valence-corrected chi connectivity index (χ2v) is 4.78. The highest BCUT2D eigenvalue weighted by Gasteiger charge is 2.49. The van der Waals surface area contributed by atoms with Crippen LogP contribution in [0.15, 0.2) is 37.0 Å². The van der Waals surface area contributed by atoms with Crippen molar-refractivity contribution in [3.63, 3.8) is 0 Å². The van der Waals surface area contributed by atoms with Crippen molar-refractivity contribution in [2.45, 2.75) is 25.9 Å². The topological polar surface area (TPSA) is 101 Å². The van der Waals surface area contributed by atoms with E-state index in [1.54, 1.807) is 6.92 Å². The van der Waals surface area contributed by atoms with Crippen LogP contribution in [0.25, 0.3) is 0 Å². The first-order valence-electron chi connectivity index (χ1n) is 6.52. The summed E-state index contributed by atoms with van der Waals surface area (Å²) in [7, 11) is 0. The summed E-state index contributed by atoms with van der Waals surface area (Å²) in [6.45, 7) is 5.01. The van der Waals surface area contributed by atoms with Gasteiger partial charge in [0.15, 0.2) is 0 Å². The predicted octanol–water partition coefficient (Wildman–Crippen LogP) is 1.78. The van der Waals surface area contributed by atoms with Gasteiger partial charge in [-0.05, 0) is 6.42 Å². The Morgan fingerprint density at radius 1 is 1.38 bits per heavy atom. The number of rotatable bonds is 7. The third-order valence-electron chi connectivity index (χ3n) is 3.50. The van der Waals surface area contributed by atoms with Crippen molar-refractivity contribution in [1.82, 2.24) is 0 Å². The molecule has 0 aliphatic heterocycles. The van der Waals surface area contributed by atoms with Crippen molar-refractivity contribution >= 4 is 17.9 Å². The van der Waals surface area contributed by atoms with Crippen molar-refractivity contribution in [1.29, 1.82) is 0 Å². The molecule has 0 bridgehead atoms. The molecule has 3 unspecified atom stereocenters. The van der Waals surface area contributed by atoms with E-state index in [2.05, 4.69) is 6.58 Å². The third kappa shape index (κ3) is 3.59. The van der Waals surface area contributed by atoms with E-state index in [4.69, 9.17) is 4.74 Å². The van der Waals surface area contributed by atoms with Crippen molar-refractivity contribution < 1.29 is 29.3 Å². The van der Waals surface area contributed by atoms with E-state index in [0.29, 0.717) is 6.42 Å². The average Bonchev–Trinajstić information content (AvgIpc) is 2.46. The van der Waals surface area contributed by atoms with Gasteiger partial charge in [0, 0.05) is 12.5 Å². The normalized spacial score (nSPS) is 25.1. The van der Waals surface area contributed by atoms with E-state index in [1.807, 2.05) is 0 Å². The van der Waals surface area contributed by atoms with Crippen LogP contribution in [0.4, 0.5) is 0 Å². The van der Waals surface area contributed by atoms with Crippen LogP contribution >= 0.6 is 0 Å². The molecule has 6 nitrogen and oxygen atoms in total. The lowest BCUT2D eigenvalue weighted by Gasteiger charge is -2.34. The number of carboxylic acid groups (broad SMARTS) is 2. The summed E-state index contributed by atoms with van der Waals surface area (Å²) in [6, 6.07) is 0. The number of ether oxygens (including phenoxy) is 1. The number of carboxylic acids is 2. The first kappa shape index (κ1) is 16.7. The smallest absolute Gasteiger partial charge is 0.330 e. The summed E-state index contributed by atoms with van der Waals surface area (Å²) >= 11 is 0. The Hall–Kier alpha value is -2.37. The molecule has 21 heavy (non-hydrogen) atoms. The van der Waals surface area contributed by atoms with E-state index >= 15 is 0 Å². The maximum atomic E-state index is 11.7. The molecule has 0 fully saturated rings. The average molecular weight is 294 g/mol. The Morgan fingerprint density at radius 3 is 2.52 bits per heavy atom. The second-order valence-electron chi connectivity index (χ2n) is 4.78. The van der Waals surface area contributed by atoms with Gasteiger partial charge in [-0.15, -0.1) is 0 Å². The quantitative estimate of drug-likeness (QED) is 0.548. The number of carbonyl (C=O) groups is 3. The highest BCUT2D eigenvalue weighted by atomic mass is 16.5. The van der Waals surface area contributed by atoms with Gasteiger partial charge in [0.1, 0.15) is 11.5 Å². The standard InChI is InChI=1S/C15H18O6/c1-3-10(21-12(16)4-2)9-15(14(19)20)8-6-5-7-11(15)13(17)18/h4-8,10-11H,2-3,9H2,1H3,(H,17,18)(H,19,20). The van der Waals surface area contributed by atoms with Crippen LogP contribution < -0.4 is 0 Å². The van der Waals surface area contributed by atoms with Crippen LogP contribution in [0.3, 0.4) is 0 Å². The van der Waals surface area contributed by atoms with E-state index in [1.165, 1.54) is 24.3 Å². The van der Waals surface area contributed by atoms with Crippen LogP contribution in [-0.2, 0) is 19.1 Å². The van der Waals surface area contributed by atoms with E-state index < -0.39 is 35.3 Å². The molecular formula is C15H18O6. The number of hydrogen-bond acceptors (Lipinski definition) is 4. The molecular weight excluding hydrogens is 276 g/mol. The van der Waals surface area contributed by atoms with Gasteiger partial charge in [-0.1, -0.05) is 37.8 Å². The van der Waals surface area contributed by atoms with Gasteiger partial charge >= 0.3 is 17.9 Å². The molecule has 0 saturated heterocycles. The molecule has 0 aromatic rings. The zero-order chi connectivity index (χ0) is 16.0. The number of allylic oxidation sites excluding steroid dienone is 2. The number of aliphatic carboxylic acids is 2. The molecule has 1 aliphatic carbocycles. The molecule has 0 amide bonds. The van der Waals surface area contributed by atoms with E-state index in [0.717, 1.165) is 6.08 Å². The molecule has 1 rings (SSSR count). The minimum absolute atomic E-state index is 0.115. The van der Waals surface area contributed by atoms with Gasteiger partial charge in [-0.3, -0.25) is 9.59 Å². The van der Waals surface area contributed by atoms with Gasteiger partial charge in [0.2, 0.25) is 0 Å². The van der Waals surface area contributed by atoms with Crippen molar-refractivity contribution in [3.05, 3.63) is 37.0 Å². The first-order valence-corrected chi connectivity index (χ1v) is 6.52. The van der Waals surface area contributed by atoms with E-state index in [-0.39, 0.29) is 6.42 Å². The molecule has 0 spiro atoms. The number of hydrogen-bond donors (Lipinski definition) is 2. The summed E-state index contributed by atoms with van der Waals surface area (Å²) in [5, 5.41) is 18.8. The van der Waals surface area contributed by atoms with Gasteiger partial charge in [0.05, 0.1) is 5.92 Å². The van der Waals surface area contributed by atoms with Gasteiger partial charge in [0.25, 0.3) is 0 Å². The molecule has 6 heteroatoms. The third-order valence-corrected chi connectivity index (χ3v) is 3.50. The SMILES string of the molecule is C=CC(=O)OC(CC)CC1(C(=O)O)C=CC=CC1C(=O)O. The summed E-state index contributed by atoms with van der Waals surface area (Å²) in [4.78, 5) is 34.3. The lowest BCUT2D eigenvalue weighted by atomic mass is 9.69. The molecule has 0 aromatic carbocycles. The minimum atomic E-state index is -1.64. The van der Waals surface area contributed by atoms with Crippen molar-refractivity contribution in [2.75, 3.05) is 0 Å². The molecule has 0 saturated carbocycles. The number of carbonyl (C=O) groups excluding carboxylic acids is 1. The Labute approximate surface area is 122 Å². The molecule has 0 radical (unpaired) electrons. The van der Waals surface area contributed by atoms with Crippen molar-refractivity contribution in [3.8, 4) is 0 Å². The zero-order valence-corrected chi connectivity index (χ0v) is 11.7. The lowest BCUT2D eigenvalue weighted by Crippen LogP contribution is -2.44. The Morgan fingerprint density at radius 2 is 2.05 bits per heavy atom. The summed E-state index contributed by atoms with van der Waals surface area (Å²) < 4.78 is 5.08. The van der Waals surface area contributed by atoms with Crippen LogP contribution in [0.5, 0.6) is 0 Å². The van der Waals surface area contributed by atoms with Crippen molar-refractivity contribution in [2.24, 2.45) is 11.3 Å². The Bertz CT molecular complexity index is 504. The van der Waals surface area contributed by atoms with Gasteiger partial charge < -0.3 is 14.9 Å². The molecule has 114 valence electrons. The summed E-state index contributed by atoms with van der Waals surface area (Å²) in [6.07, 6.45) is 6.21. The number of esters is 1. The molecule has 0 heterocycles. The van der Waals surface area contributed by atoms with Crippen LogP contribution in [0.2, 0.25) is 0 Å². The largest absolute Gasteiger partial charge is 0.481 e. The van der Waals surface area contributed by atoms with Crippen LogP contribution in [0, 0.1) is 11.3 Å². The molecule has 3 atom stereocenters. The minimum Gasteiger partial charge on any atom is -0.481 e. The predicted molar refractivity (Wildman–Crippen MR) is 74.5 cm³/mol. The van der Waals surface area contributed by atoms with Gasteiger partial charge in [-0.25, -0.2) is 4.79 Å². The molecule has 0 aromatic heterocycles.